The number of carbonyl (C=O) groups is 1. The molecule has 1 heterocycles. The van der Waals surface area contributed by atoms with E-state index in [1.54, 1.807) is 31.2 Å². The van der Waals surface area contributed by atoms with Gasteiger partial charge in [-0.3, -0.25) is 14.9 Å². The summed E-state index contributed by atoms with van der Waals surface area (Å²) in [7, 11) is 0. The minimum Gasteiger partial charge on any atom is -0.456 e. The number of nitriles is 1. The highest BCUT2D eigenvalue weighted by molar-refractivity contribution is 6.01. The Bertz CT molecular complexity index is 1160. The maximum atomic E-state index is 12.5. The van der Waals surface area contributed by atoms with Crippen LogP contribution in [0.1, 0.15) is 29.9 Å². The molecular weight excluding hydrogens is 382 g/mol. The van der Waals surface area contributed by atoms with Crippen LogP contribution in [0.25, 0.3) is 17.4 Å². The Morgan fingerprint density at radius 3 is 2.60 bits per heavy atom. The first kappa shape index (κ1) is 20.6. The zero-order chi connectivity index (χ0) is 21.7. The zero-order valence-corrected chi connectivity index (χ0v) is 16.5. The Hall–Kier alpha value is -4.18. The number of hydrogen-bond acceptors (Lipinski definition) is 5. The third-order valence-electron chi connectivity index (χ3n) is 4.54. The van der Waals surface area contributed by atoms with Gasteiger partial charge >= 0.3 is 0 Å². The first-order valence-electron chi connectivity index (χ1n) is 9.22. The predicted octanol–water partition coefficient (Wildman–Crippen LogP) is 4.95. The van der Waals surface area contributed by atoms with Crippen LogP contribution in [0.4, 0.5) is 5.69 Å². The van der Waals surface area contributed by atoms with E-state index in [4.69, 9.17) is 4.42 Å². The van der Waals surface area contributed by atoms with E-state index < -0.39 is 10.8 Å². The zero-order valence-electron chi connectivity index (χ0n) is 16.5. The number of aryl methyl sites for hydroxylation is 1. The van der Waals surface area contributed by atoms with Crippen molar-refractivity contribution in [2.75, 3.05) is 0 Å². The number of carbonyl (C=O) groups excluding carboxylic acids is 1. The number of furan rings is 1. The third kappa shape index (κ3) is 4.62. The largest absolute Gasteiger partial charge is 0.456 e. The number of amides is 1. The Balaban J connectivity index is 1.83. The molecule has 0 spiro atoms. The predicted molar refractivity (Wildman–Crippen MR) is 112 cm³/mol. The average Bonchev–Trinajstić information content (AvgIpc) is 3.20. The fourth-order valence-corrected chi connectivity index (χ4v) is 2.97. The number of hydrogen-bond donors (Lipinski definition) is 1. The first-order chi connectivity index (χ1) is 14.4. The van der Waals surface area contributed by atoms with Gasteiger partial charge in [0.25, 0.3) is 11.6 Å². The Morgan fingerprint density at radius 1 is 1.20 bits per heavy atom. The summed E-state index contributed by atoms with van der Waals surface area (Å²) >= 11 is 0. The van der Waals surface area contributed by atoms with Crippen molar-refractivity contribution in [3.05, 3.63) is 93.2 Å². The summed E-state index contributed by atoms with van der Waals surface area (Å²) in [5.41, 5.74) is 1.79. The number of nitro benzene ring substituents is 1. The molecule has 2 aromatic carbocycles. The average molecular weight is 401 g/mol. The first-order valence-corrected chi connectivity index (χ1v) is 9.22. The van der Waals surface area contributed by atoms with Gasteiger partial charge in [0.2, 0.25) is 0 Å². The topological polar surface area (TPSA) is 109 Å². The Kier molecular flexibility index (Phi) is 6.08. The highest BCUT2D eigenvalue weighted by Gasteiger charge is 2.19. The van der Waals surface area contributed by atoms with Gasteiger partial charge in [0.05, 0.1) is 16.5 Å². The molecule has 0 bridgehead atoms. The fraction of sp³-hybridized carbons (Fsp3) is 0.130. The number of nitrogens with one attached hydrogen (secondary N) is 1. The molecular formula is C23H19N3O4. The molecule has 1 aromatic heterocycles. The van der Waals surface area contributed by atoms with Crippen molar-refractivity contribution >= 4 is 17.7 Å². The van der Waals surface area contributed by atoms with Crippen LogP contribution in [0, 0.1) is 28.4 Å². The van der Waals surface area contributed by atoms with Crippen LogP contribution < -0.4 is 5.32 Å². The van der Waals surface area contributed by atoms with Crippen LogP contribution in [0.5, 0.6) is 0 Å². The summed E-state index contributed by atoms with van der Waals surface area (Å²) in [5, 5.41) is 23.5. The molecule has 0 saturated heterocycles. The molecule has 30 heavy (non-hydrogen) atoms. The van der Waals surface area contributed by atoms with Crippen molar-refractivity contribution in [1.82, 2.24) is 5.32 Å². The summed E-state index contributed by atoms with van der Waals surface area (Å²) in [4.78, 5) is 23.4. The molecule has 1 amide bonds. The standard InChI is InChI=1S/C23H19N3O4/c1-15-8-10-20(21(12-15)26(28)29)22-11-9-19(30-22)13-18(14-24)23(27)25-16(2)17-6-4-3-5-7-17/h3-13,16H,1-2H3,(H,25,27)/b18-13+. The van der Waals surface area contributed by atoms with Gasteiger partial charge in [-0.1, -0.05) is 36.4 Å². The maximum Gasteiger partial charge on any atom is 0.280 e. The van der Waals surface area contributed by atoms with Crippen molar-refractivity contribution in [3.63, 3.8) is 0 Å². The van der Waals surface area contributed by atoms with E-state index in [1.165, 1.54) is 12.1 Å². The molecule has 0 aliphatic rings. The van der Waals surface area contributed by atoms with Gasteiger partial charge in [-0.05, 0) is 43.2 Å². The van der Waals surface area contributed by atoms with Crippen LogP contribution in [0.15, 0.2) is 70.7 Å². The van der Waals surface area contributed by atoms with Crippen LogP contribution in [0.3, 0.4) is 0 Å². The molecule has 0 radical (unpaired) electrons. The lowest BCUT2D eigenvalue weighted by atomic mass is 10.1. The Labute approximate surface area is 173 Å². The van der Waals surface area contributed by atoms with E-state index in [0.29, 0.717) is 5.56 Å². The van der Waals surface area contributed by atoms with E-state index in [9.17, 15) is 20.2 Å². The third-order valence-corrected chi connectivity index (χ3v) is 4.54. The van der Waals surface area contributed by atoms with Gasteiger partial charge in [0, 0.05) is 12.1 Å². The molecule has 150 valence electrons. The quantitative estimate of drug-likeness (QED) is 0.272. The normalized spacial score (nSPS) is 12.1. The lowest BCUT2D eigenvalue weighted by Gasteiger charge is -2.13. The molecule has 1 unspecified atom stereocenters. The minimum atomic E-state index is -0.534. The van der Waals surface area contributed by atoms with Crippen molar-refractivity contribution in [1.29, 1.82) is 5.26 Å². The second kappa shape index (κ2) is 8.88. The maximum absolute atomic E-state index is 12.5. The highest BCUT2D eigenvalue weighted by atomic mass is 16.6. The van der Waals surface area contributed by atoms with Crippen LogP contribution in [-0.2, 0) is 4.79 Å². The summed E-state index contributed by atoms with van der Waals surface area (Å²) in [6.07, 6.45) is 1.32. The molecule has 3 rings (SSSR count). The van der Waals surface area contributed by atoms with Gasteiger partial charge < -0.3 is 9.73 Å². The van der Waals surface area contributed by atoms with E-state index in [-0.39, 0.29) is 28.8 Å². The van der Waals surface area contributed by atoms with Gasteiger partial charge in [-0.15, -0.1) is 0 Å². The minimum absolute atomic E-state index is 0.0742. The number of nitrogens with zero attached hydrogens (tertiary/aromatic N) is 2. The molecule has 1 N–H and O–H groups in total. The molecule has 7 heteroatoms. The molecule has 0 fully saturated rings. The van der Waals surface area contributed by atoms with E-state index in [0.717, 1.165) is 11.1 Å². The van der Waals surface area contributed by atoms with E-state index in [2.05, 4.69) is 5.32 Å². The van der Waals surface area contributed by atoms with Crippen molar-refractivity contribution in [2.45, 2.75) is 19.9 Å². The lowest BCUT2D eigenvalue weighted by molar-refractivity contribution is -0.384. The van der Waals surface area contributed by atoms with E-state index >= 15 is 0 Å². The van der Waals surface area contributed by atoms with Gasteiger partial charge in [0.15, 0.2) is 0 Å². The molecule has 7 nitrogen and oxygen atoms in total. The number of benzene rings is 2. The van der Waals surface area contributed by atoms with Crippen molar-refractivity contribution < 1.29 is 14.1 Å². The van der Waals surface area contributed by atoms with Crippen LogP contribution in [0.2, 0.25) is 0 Å². The lowest BCUT2D eigenvalue weighted by Crippen LogP contribution is -2.27. The van der Waals surface area contributed by atoms with Crippen LogP contribution in [-0.4, -0.2) is 10.8 Å². The number of nitro groups is 1. The SMILES string of the molecule is Cc1ccc(-c2ccc(/C=C(\C#N)C(=O)NC(C)c3ccccc3)o2)c([N+](=O)[O-])c1. The second-order valence-corrected chi connectivity index (χ2v) is 6.76. The second-order valence-electron chi connectivity index (χ2n) is 6.76. The molecule has 0 aliphatic carbocycles. The molecule has 0 aliphatic heterocycles. The summed E-state index contributed by atoms with van der Waals surface area (Å²) in [6, 6.07) is 18.9. The summed E-state index contributed by atoms with van der Waals surface area (Å²) < 4.78 is 5.66. The van der Waals surface area contributed by atoms with Crippen LogP contribution >= 0.6 is 0 Å². The molecule has 1 atom stereocenters. The monoisotopic (exact) mass is 401 g/mol. The number of rotatable bonds is 6. The Morgan fingerprint density at radius 2 is 1.93 bits per heavy atom. The van der Waals surface area contributed by atoms with Gasteiger partial charge in [0.1, 0.15) is 23.2 Å². The van der Waals surface area contributed by atoms with Crippen molar-refractivity contribution in [2.24, 2.45) is 0 Å². The molecule has 0 saturated carbocycles. The summed E-state index contributed by atoms with van der Waals surface area (Å²) in [5.74, 6) is -0.00430. The molecule has 3 aromatic rings. The van der Waals surface area contributed by atoms with Crippen molar-refractivity contribution in [3.8, 4) is 17.4 Å². The smallest absolute Gasteiger partial charge is 0.280 e. The van der Waals surface area contributed by atoms with Gasteiger partial charge in [-0.25, -0.2) is 0 Å². The van der Waals surface area contributed by atoms with Gasteiger partial charge in [-0.2, -0.15) is 5.26 Å². The fourth-order valence-electron chi connectivity index (χ4n) is 2.97. The van der Waals surface area contributed by atoms with E-state index in [1.807, 2.05) is 43.3 Å². The summed E-state index contributed by atoms with van der Waals surface area (Å²) in [6.45, 7) is 3.59. The highest BCUT2D eigenvalue weighted by Crippen LogP contribution is 2.32.